The Kier molecular flexibility index (Phi) is 1.17. The maximum absolute atomic E-state index is 2.44. The topological polar surface area (TPSA) is 0 Å². The van der Waals surface area contributed by atoms with Crippen LogP contribution in [0.15, 0.2) is 0 Å². The van der Waals surface area contributed by atoms with Gasteiger partial charge in [-0.05, 0) is 6.42 Å². The molecule has 1 heterocycles. The van der Waals surface area contributed by atoms with Crippen LogP contribution < -0.4 is 0 Å². The summed E-state index contributed by atoms with van der Waals surface area (Å²) in [7, 11) is 4.78. The average Bonchev–Trinajstić information content (AvgIpc) is 2.21. The molecule has 1 aliphatic heterocycles. The van der Waals surface area contributed by atoms with Gasteiger partial charge in [0.2, 0.25) is 0 Å². The minimum atomic E-state index is 0.991. The molecular weight excluding hydrogens is 122 g/mol. The number of hydrogen-bond acceptors (Lipinski definition) is 0. The molecular formula is C9H18N+. The van der Waals surface area contributed by atoms with Gasteiger partial charge in [-0.25, -0.2) is 0 Å². The standard InChI is InChI=1S/C9H18N/c1-7-8-4-5-9(7)10(2,3)6-8/h7-9H,4-6H2,1-3H3/q+1. The summed E-state index contributed by atoms with van der Waals surface area (Å²) in [6, 6.07) is 0.991. The molecule has 10 heavy (non-hydrogen) atoms. The number of rotatable bonds is 0. The first-order chi connectivity index (χ1) is 4.61. The Hall–Kier alpha value is -0.0400. The van der Waals surface area contributed by atoms with Crippen molar-refractivity contribution in [2.24, 2.45) is 11.8 Å². The molecule has 0 amide bonds. The van der Waals surface area contributed by atoms with E-state index in [0.717, 1.165) is 17.9 Å². The number of likely N-dealkylation sites (tertiary alicyclic amines) is 1. The molecule has 0 N–H and O–H groups in total. The van der Waals surface area contributed by atoms with Crippen molar-refractivity contribution in [3.8, 4) is 0 Å². The largest absolute Gasteiger partial charge is 0.326 e. The molecule has 2 fully saturated rings. The molecule has 1 saturated carbocycles. The normalized spacial score (nSPS) is 50.1. The minimum absolute atomic E-state index is 0.991. The molecule has 0 aromatic rings. The van der Waals surface area contributed by atoms with E-state index in [-0.39, 0.29) is 0 Å². The Balaban J connectivity index is 2.24. The summed E-state index contributed by atoms with van der Waals surface area (Å²) in [6.45, 7) is 3.88. The first kappa shape index (κ1) is 6.66. The molecule has 0 spiro atoms. The van der Waals surface area contributed by atoms with E-state index < -0.39 is 0 Å². The Labute approximate surface area is 63.6 Å². The first-order valence-electron chi connectivity index (χ1n) is 4.44. The van der Waals surface area contributed by atoms with Crippen molar-refractivity contribution >= 4 is 0 Å². The minimum Gasteiger partial charge on any atom is -0.326 e. The fourth-order valence-electron chi connectivity index (χ4n) is 3.21. The number of nitrogens with zero attached hydrogens (tertiary/aromatic N) is 1. The highest BCUT2D eigenvalue weighted by atomic mass is 15.4. The van der Waals surface area contributed by atoms with E-state index in [1.54, 1.807) is 0 Å². The van der Waals surface area contributed by atoms with Crippen LogP contribution in [0.25, 0.3) is 0 Å². The lowest BCUT2D eigenvalue weighted by Gasteiger charge is -2.34. The van der Waals surface area contributed by atoms with E-state index >= 15 is 0 Å². The van der Waals surface area contributed by atoms with Crippen molar-refractivity contribution in [3.05, 3.63) is 0 Å². The number of fused-ring (bicyclic) bond motifs is 2. The molecule has 2 rings (SSSR count). The van der Waals surface area contributed by atoms with E-state index in [4.69, 9.17) is 0 Å². The van der Waals surface area contributed by atoms with Gasteiger partial charge in [0.05, 0.1) is 26.7 Å². The van der Waals surface area contributed by atoms with Crippen LogP contribution in [-0.2, 0) is 0 Å². The van der Waals surface area contributed by atoms with Crippen molar-refractivity contribution < 1.29 is 4.48 Å². The van der Waals surface area contributed by atoms with Gasteiger partial charge in [-0.15, -0.1) is 0 Å². The zero-order valence-corrected chi connectivity index (χ0v) is 7.30. The molecule has 0 radical (unpaired) electrons. The maximum atomic E-state index is 2.44. The second-order valence-corrected chi connectivity index (χ2v) is 4.73. The van der Waals surface area contributed by atoms with Crippen LogP contribution in [0.4, 0.5) is 0 Å². The highest BCUT2D eigenvalue weighted by Gasteiger charge is 2.51. The lowest BCUT2D eigenvalue weighted by molar-refractivity contribution is -0.908. The van der Waals surface area contributed by atoms with Crippen LogP contribution >= 0.6 is 0 Å². The van der Waals surface area contributed by atoms with Crippen molar-refractivity contribution in [1.29, 1.82) is 0 Å². The van der Waals surface area contributed by atoms with Gasteiger partial charge in [0, 0.05) is 18.3 Å². The number of hydrogen-bond donors (Lipinski definition) is 0. The van der Waals surface area contributed by atoms with Gasteiger partial charge in [0.25, 0.3) is 0 Å². The van der Waals surface area contributed by atoms with Gasteiger partial charge in [-0.2, -0.15) is 0 Å². The third-order valence-corrected chi connectivity index (χ3v) is 3.79. The van der Waals surface area contributed by atoms with Gasteiger partial charge < -0.3 is 4.48 Å². The van der Waals surface area contributed by atoms with E-state index in [2.05, 4.69) is 21.0 Å². The number of piperidine rings is 1. The summed E-state index contributed by atoms with van der Waals surface area (Å²) in [5, 5.41) is 0. The predicted octanol–water partition coefficient (Wildman–Crippen LogP) is 1.49. The zero-order valence-electron chi connectivity index (χ0n) is 7.30. The van der Waals surface area contributed by atoms with Crippen LogP contribution in [0, 0.1) is 11.8 Å². The SMILES string of the molecule is CC1C2CCC1[N+](C)(C)C2. The van der Waals surface area contributed by atoms with E-state index in [0.29, 0.717) is 0 Å². The maximum Gasteiger partial charge on any atom is 0.0917 e. The quantitative estimate of drug-likeness (QED) is 0.447. The molecule has 3 atom stereocenters. The molecule has 2 aliphatic rings. The lowest BCUT2D eigenvalue weighted by Crippen LogP contribution is -2.46. The van der Waals surface area contributed by atoms with Gasteiger partial charge in [-0.3, -0.25) is 0 Å². The van der Waals surface area contributed by atoms with Gasteiger partial charge in [0.1, 0.15) is 0 Å². The third-order valence-electron chi connectivity index (χ3n) is 3.79. The molecule has 0 aromatic heterocycles. The molecule has 2 bridgehead atoms. The molecule has 1 heteroatoms. The monoisotopic (exact) mass is 140 g/mol. The summed E-state index contributed by atoms with van der Waals surface area (Å²) >= 11 is 0. The van der Waals surface area contributed by atoms with Gasteiger partial charge in [0.15, 0.2) is 0 Å². The summed E-state index contributed by atoms with van der Waals surface area (Å²) in [6.07, 6.45) is 2.99. The number of quaternary nitrogens is 1. The highest BCUT2D eigenvalue weighted by Crippen LogP contribution is 2.44. The van der Waals surface area contributed by atoms with Crippen molar-refractivity contribution in [2.75, 3.05) is 20.6 Å². The van der Waals surface area contributed by atoms with Crippen LogP contribution in [0.5, 0.6) is 0 Å². The fourth-order valence-corrected chi connectivity index (χ4v) is 3.21. The van der Waals surface area contributed by atoms with Crippen LogP contribution in [0.1, 0.15) is 19.8 Å². The van der Waals surface area contributed by atoms with E-state index in [9.17, 15) is 0 Å². The smallest absolute Gasteiger partial charge is 0.0917 e. The Morgan fingerprint density at radius 3 is 2.10 bits per heavy atom. The first-order valence-corrected chi connectivity index (χ1v) is 4.44. The summed E-state index contributed by atoms with van der Waals surface area (Å²) in [4.78, 5) is 0. The molecule has 1 nitrogen and oxygen atoms in total. The zero-order chi connectivity index (χ0) is 7.35. The van der Waals surface area contributed by atoms with Gasteiger partial charge >= 0.3 is 0 Å². The molecule has 1 aliphatic carbocycles. The van der Waals surface area contributed by atoms with Gasteiger partial charge in [-0.1, -0.05) is 6.92 Å². The third kappa shape index (κ3) is 0.672. The summed E-state index contributed by atoms with van der Waals surface area (Å²) in [5.41, 5.74) is 0. The molecule has 0 aromatic carbocycles. The van der Waals surface area contributed by atoms with E-state index in [1.807, 2.05) is 0 Å². The van der Waals surface area contributed by atoms with Crippen molar-refractivity contribution in [2.45, 2.75) is 25.8 Å². The Morgan fingerprint density at radius 1 is 1.20 bits per heavy atom. The lowest BCUT2D eigenvalue weighted by atomic mass is 10.0. The van der Waals surface area contributed by atoms with Crippen molar-refractivity contribution in [3.63, 3.8) is 0 Å². The van der Waals surface area contributed by atoms with E-state index in [1.165, 1.54) is 23.9 Å². The van der Waals surface area contributed by atoms with Crippen LogP contribution in [0.2, 0.25) is 0 Å². The second-order valence-electron chi connectivity index (χ2n) is 4.73. The molecule has 1 saturated heterocycles. The van der Waals surface area contributed by atoms with Crippen LogP contribution in [0.3, 0.4) is 0 Å². The predicted molar refractivity (Wildman–Crippen MR) is 42.7 cm³/mol. The summed E-state index contributed by atoms with van der Waals surface area (Å²) in [5.74, 6) is 2.06. The second kappa shape index (κ2) is 1.76. The highest BCUT2D eigenvalue weighted by molar-refractivity contribution is 4.88. The molecule has 3 unspecified atom stereocenters. The van der Waals surface area contributed by atoms with Crippen LogP contribution in [-0.4, -0.2) is 31.2 Å². The Morgan fingerprint density at radius 2 is 1.90 bits per heavy atom. The summed E-state index contributed by atoms with van der Waals surface area (Å²) < 4.78 is 1.30. The average molecular weight is 140 g/mol. The Bertz CT molecular complexity index is 151. The van der Waals surface area contributed by atoms with Crippen molar-refractivity contribution in [1.82, 2.24) is 0 Å². The fraction of sp³-hybridized carbons (Fsp3) is 1.00. The molecule has 58 valence electrons.